The molecule has 0 bridgehead atoms. The lowest BCUT2D eigenvalue weighted by Crippen LogP contribution is -2.33. The summed E-state index contributed by atoms with van der Waals surface area (Å²) < 4.78 is 0. The Balaban J connectivity index is 0. The van der Waals surface area contributed by atoms with Gasteiger partial charge in [-0.25, -0.2) is 0 Å². The van der Waals surface area contributed by atoms with Gasteiger partial charge in [0.05, 0.1) is 6.54 Å². The average molecular weight is 257 g/mol. The monoisotopic (exact) mass is 257 g/mol. The fourth-order valence-electron chi connectivity index (χ4n) is 1.50. The molecule has 0 saturated carbocycles. The molecule has 0 aliphatic carbocycles. The fraction of sp³-hybridized carbons (Fsp3) is 0.692. The van der Waals surface area contributed by atoms with Crippen molar-refractivity contribution in [2.24, 2.45) is 5.92 Å². The van der Waals surface area contributed by atoms with Crippen LogP contribution in [0.5, 0.6) is 0 Å². The summed E-state index contributed by atoms with van der Waals surface area (Å²) in [6.07, 6.45) is 0.356. The van der Waals surface area contributed by atoms with E-state index in [0.717, 1.165) is 5.57 Å². The van der Waals surface area contributed by atoms with Crippen LogP contribution >= 0.6 is 0 Å². The topological polar surface area (TPSA) is 70.2 Å². The molecule has 18 heavy (non-hydrogen) atoms. The van der Waals surface area contributed by atoms with E-state index >= 15 is 0 Å². The number of likely N-dealkylation sites (N-methyl/N-ethyl adjacent to an activating group) is 1. The van der Waals surface area contributed by atoms with Crippen molar-refractivity contribution >= 4 is 11.7 Å². The zero-order valence-corrected chi connectivity index (χ0v) is 10.9. The van der Waals surface area contributed by atoms with Crippen LogP contribution in [0, 0.1) is 5.92 Å². The molecule has 0 aliphatic rings. The normalized spacial score (nSPS) is 11.3. The molecule has 106 valence electrons. The van der Waals surface area contributed by atoms with Gasteiger partial charge in [-0.05, 0) is 21.0 Å². The molecule has 0 aliphatic heterocycles. The summed E-state index contributed by atoms with van der Waals surface area (Å²) in [5.41, 5.74) is 0.986. The highest BCUT2D eigenvalue weighted by Crippen LogP contribution is 2.11. The van der Waals surface area contributed by atoms with Crippen LogP contribution in [0.25, 0.3) is 0 Å². The van der Waals surface area contributed by atoms with Gasteiger partial charge in [-0.2, -0.15) is 0 Å². The highest BCUT2D eigenvalue weighted by Gasteiger charge is 2.16. The standard InChI is InChI=1S/C12H23N3O2.CH4/c1-9(6-13-3)11(8-14-4)5-12(17)15-7-10(2)16;/h11,13-14H,1,5-8H2,2-4H3,(H,15,17);1H4. The summed E-state index contributed by atoms with van der Waals surface area (Å²) in [6, 6.07) is 0. The van der Waals surface area contributed by atoms with Crippen LogP contribution in [-0.2, 0) is 9.59 Å². The van der Waals surface area contributed by atoms with Gasteiger partial charge in [0.25, 0.3) is 0 Å². The first kappa shape index (κ1) is 19.1. The van der Waals surface area contributed by atoms with Crippen LogP contribution in [0.1, 0.15) is 20.8 Å². The van der Waals surface area contributed by atoms with Gasteiger partial charge in [-0.15, -0.1) is 0 Å². The van der Waals surface area contributed by atoms with Crippen LogP contribution < -0.4 is 16.0 Å². The van der Waals surface area contributed by atoms with Gasteiger partial charge in [-0.1, -0.05) is 19.6 Å². The van der Waals surface area contributed by atoms with E-state index in [1.165, 1.54) is 6.92 Å². The Hall–Kier alpha value is -1.20. The van der Waals surface area contributed by atoms with Gasteiger partial charge >= 0.3 is 0 Å². The Morgan fingerprint density at radius 1 is 1.17 bits per heavy atom. The number of carbonyl (C=O) groups excluding carboxylic acids is 2. The third-order valence-electron chi connectivity index (χ3n) is 2.40. The van der Waals surface area contributed by atoms with Crippen LogP contribution in [0.3, 0.4) is 0 Å². The van der Waals surface area contributed by atoms with Crippen molar-refractivity contribution in [2.45, 2.75) is 20.8 Å². The van der Waals surface area contributed by atoms with Crippen molar-refractivity contribution < 1.29 is 9.59 Å². The Morgan fingerprint density at radius 2 is 1.78 bits per heavy atom. The molecule has 0 spiro atoms. The second-order valence-corrected chi connectivity index (χ2v) is 4.13. The smallest absolute Gasteiger partial charge is 0.221 e. The molecule has 0 radical (unpaired) electrons. The maximum Gasteiger partial charge on any atom is 0.221 e. The van der Waals surface area contributed by atoms with Gasteiger partial charge in [0, 0.05) is 25.4 Å². The van der Waals surface area contributed by atoms with E-state index in [1.54, 1.807) is 0 Å². The molecule has 1 amide bonds. The number of carbonyl (C=O) groups is 2. The highest BCUT2D eigenvalue weighted by atomic mass is 16.2. The Morgan fingerprint density at radius 3 is 2.22 bits per heavy atom. The number of nitrogens with one attached hydrogen (secondary N) is 3. The molecule has 0 aromatic heterocycles. The lowest BCUT2D eigenvalue weighted by atomic mass is 9.96. The largest absolute Gasteiger partial charge is 0.349 e. The number of amides is 1. The van der Waals surface area contributed by atoms with Crippen molar-refractivity contribution in [3.8, 4) is 0 Å². The van der Waals surface area contributed by atoms with E-state index in [9.17, 15) is 9.59 Å². The summed E-state index contributed by atoms with van der Waals surface area (Å²) in [4.78, 5) is 22.3. The molecular formula is C13H27N3O2. The SMILES string of the molecule is C.C=C(CNC)C(CNC)CC(=O)NCC(C)=O. The Labute approximate surface area is 110 Å². The first-order chi connectivity index (χ1) is 8.01. The molecule has 0 fully saturated rings. The molecule has 3 N–H and O–H groups in total. The molecule has 0 heterocycles. The molecular weight excluding hydrogens is 230 g/mol. The fourth-order valence-corrected chi connectivity index (χ4v) is 1.50. The third kappa shape index (κ3) is 8.90. The summed E-state index contributed by atoms with van der Waals surface area (Å²) in [7, 11) is 3.69. The second-order valence-electron chi connectivity index (χ2n) is 4.13. The van der Waals surface area contributed by atoms with Crippen molar-refractivity contribution in [1.82, 2.24) is 16.0 Å². The lowest BCUT2D eigenvalue weighted by Gasteiger charge is -2.18. The number of Topliss-reactive ketones (excluding diaryl/α,β-unsaturated/α-hetero) is 1. The van der Waals surface area contributed by atoms with Crippen LogP contribution in [-0.4, -0.2) is 45.4 Å². The van der Waals surface area contributed by atoms with E-state index in [0.29, 0.717) is 19.5 Å². The predicted octanol–water partition coefficient (Wildman–Crippen LogP) is 0.329. The molecule has 5 nitrogen and oxygen atoms in total. The lowest BCUT2D eigenvalue weighted by molar-refractivity contribution is -0.124. The third-order valence-corrected chi connectivity index (χ3v) is 2.40. The van der Waals surface area contributed by atoms with E-state index < -0.39 is 0 Å². The maximum atomic E-state index is 11.6. The number of ketones is 1. The molecule has 0 rings (SSSR count). The van der Waals surface area contributed by atoms with Crippen molar-refractivity contribution in [2.75, 3.05) is 33.7 Å². The summed E-state index contributed by atoms with van der Waals surface area (Å²) in [6.45, 7) is 6.90. The first-order valence-electron chi connectivity index (χ1n) is 5.74. The summed E-state index contributed by atoms with van der Waals surface area (Å²) >= 11 is 0. The predicted molar refractivity (Wildman–Crippen MR) is 75.5 cm³/mol. The number of hydrogen-bond donors (Lipinski definition) is 3. The average Bonchev–Trinajstić information content (AvgIpc) is 2.26. The Kier molecular flexibility index (Phi) is 11.6. The minimum atomic E-state index is -0.113. The van der Waals surface area contributed by atoms with Crippen molar-refractivity contribution in [1.29, 1.82) is 0 Å². The highest BCUT2D eigenvalue weighted by molar-refractivity contribution is 5.84. The van der Waals surface area contributed by atoms with E-state index in [2.05, 4.69) is 22.5 Å². The van der Waals surface area contributed by atoms with Gasteiger partial charge in [0.2, 0.25) is 5.91 Å². The van der Waals surface area contributed by atoms with Gasteiger partial charge in [0.15, 0.2) is 0 Å². The molecule has 0 aromatic carbocycles. The molecule has 1 unspecified atom stereocenters. The van der Waals surface area contributed by atoms with Gasteiger partial charge < -0.3 is 16.0 Å². The first-order valence-corrected chi connectivity index (χ1v) is 5.74. The van der Waals surface area contributed by atoms with Crippen molar-refractivity contribution in [3.63, 3.8) is 0 Å². The van der Waals surface area contributed by atoms with Crippen molar-refractivity contribution in [3.05, 3.63) is 12.2 Å². The quantitative estimate of drug-likeness (QED) is 0.521. The van der Waals surface area contributed by atoms with E-state index in [1.807, 2.05) is 14.1 Å². The minimum Gasteiger partial charge on any atom is -0.349 e. The molecule has 0 saturated heterocycles. The van der Waals surface area contributed by atoms with E-state index in [4.69, 9.17) is 0 Å². The molecule has 1 atom stereocenters. The Bertz CT molecular complexity index is 277. The van der Waals surface area contributed by atoms with Gasteiger partial charge in [-0.3, -0.25) is 9.59 Å². The van der Waals surface area contributed by atoms with Crippen LogP contribution in [0.15, 0.2) is 12.2 Å². The van der Waals surface area contributed by atoms with Crippen LogP contribution in [0.4, 0.5) is 0 Å². The van der Waals surface area contributed by atoms with E-state index in [-0.39, 0.29) is 31.6 Å². The zero-order chi connectivity index (χ0) is 13.3. The number of hydrogen-bond acceptors (Lipinski definition) is 4. The molecule has 0 aromatic rings. The summed E-state index contributed by atoms with van der Waals surface area (Å²) in [5.74, 6) is -0.0744. The molecule has 5 heteroatoms. The second kappa shape index (κ2) is 10.9. The zero-order valence-electron chi connectivity index (χ0n) is 10.9. The van der Waals surface area contributed by atoms with Gasteiger partial charge in [0.1, 0.15) is 5.78 Å². The van der Waals surface area contributed by atoms with Crippen LogP contribution in [0.2, 0.25) is 0 Å². The number of rotatable bonds is 9. The maximum absolute atomic E-state index is 11.6. The minimum absolute atomic E-state index is 0. The summed E-state index contributed by atoms with van der Waals surface area (Å²) in [5, 5.41) is 8.65.